The lowest BCUT2D eigenvalue weighted by molar-refractivity contribution is 0.174. The highest BCUT2D eigenvalue weighted by molar-refractivity contribution is 7.89. The van der Waals surface area contributed by atoms with Gasteiger partial charge in [0.15, 0.2) is 0 Å². The Labute approximate surface area is 179 Å². The van der Waals surface area contributed by atoms with Crippen molar-refractivity contribution in [1.29, 1.82) is 0 Å². The number of benzene rings is 2. The van der Waals surface area contributed by atoms with Crippen molar-refractivity contribution >= 4 is 10.0 Å². The smallest absolute Gasteiger partial charge is 0.240 e. The van der Waals surface area contributed by atoms with Crippen molar-refractivity contribution in [3.63, 3.8) is 0 Å². The van der Waals surface area contributed by atoms with Crippen LogP contribution in [0, 0.1) is 13.8 Å². The van der Waals surface area contributed by atoms with Crippen LogP contribution in [0.25, 0.3) is 0 Å². The third-order valence-electron chi connectivity index (χ3n) is 6.18. The first-order valence-electron chi connectivity index (χ1n) is 10.3. The first-order chi connectivity index (χ1) is 14.3. The lowest BCUT2D eigenvalue weighted by Gasteiger charge is -2.36. The highest BCUT2D eigenvalue weighted by atomic mass is 32.2. The molecule has 1 atom stereocenters. The van der Waals surface area contributed by atoms with E-state index in [1.165, 1.54) is 11.1 Å². The zero-order valence-electron chi connectivity index (χ0n) is 17.8. The number of sulfonamides is 1. The largest absolute Gasteiger partial charge is 0.353 e. The van der Waals surface area contributed by atoms with Gasteiger partial charge in [0.05, 0.1) is 10.9 Å². The van der Waals surface area contributed by atoms with Gasteiger partial charge in [-0.1, -0.05) is 30.3 Å². The van der Waals surface area contributed by atoms with Gasteiger partial charge >= 0.3 is 0 Å². The molecule has 1 aromatic heterocycles. The maximum atomic E-state index is 13.0. The van der Waals surface area contributed by atoms with E-state index >= 15 is 0 Å². The standard InChI is InChI=1S/C24H29N3O2S/c1-18-10-11-22(15-19(18)2)30(28,29)25-16-24(23-9-6-13-26(23)3)27-14-12-20-7-4-5-8-21(20)17-27/h4-11,13,15,24-25H,12,14,16-17H2,1-3H3. The fourth-order valence-electron chi connectivity index (χ4n) is 4.18. The van der Waals surface area contributed by atoms with Crippen molar-refractivity contribution in [2.45, 2.75) is 37.8 Å². The summed E-state index contributed by atoms with van der Waals surface area (Å²) in [4.78, 5) is 2.70. The van der Waals surface area contributed by atoms with Crippen LogP contribution in [-0.4, -0.2) is 31.0 Å². The molecule has 6 heteroatoms. The van der Waals surface area contributed by atoms with Gasteiger partial charge in [-0.2, -0.15) is 0 Å². The van der Waals surface area contributed by atoms with E-state index < -0.39 is 10.0 Å². The normalized spacial score (nSPS) is 15.7. The summed E-state index contributed by atoms with van der Waals surface area (Å²) >= 11 is 0. The Kier molecular flexibility index (Phi) is 5.82. The minimum Gasteiger partial charge on any atom is -0.353 e. The number of hydrogen-bond donors (Lipinski definition) is 1. The summed E-state index contributed by atoms with van der Waals surface area (Å²) in [5.41, 5.74) is 5.87. The van der Waals surface area contributed by atoms with Gasteiger partial charge in [-0.05, 0) is 66.8 Å². The molecule has 0 fully saturated rings. The summed E-state index contributed by atoms with van der Waals surface area (Å²) in [7, 11) is -1.57. The number of fused-ring (bicyclic) bond motifs is 1. The summed E-state index contributed by atoms with van der Waals surface area (Å²) in [6.07, 6.45) is 2.99. The van der Waals surface area contributed by atoms with E-state index in [4.69, 9.17) is 0 Å². The number of aromatic nitrogens is 1. The Hall–Kier alpha value is -2.41. The number of nitrogens with one attached hydrogen (secondary N) is 1. The predicted octanol–water partition coefficient (Wildman–Crippen LogP) is 3.72. The van der Waals surface area contributed by atoms with E-state index in [1.807, 2.05) is 39.2 Å². The van der Waals surface area contributed by atoms with Gasteiger partial charge in [-0.3, -0.25) is 4.90 Å². The maximum absolute atomic E-state index is 13.0. The molecular weight excluding hydrogens is 394 g/mol. The number of hydrogen-bond acceptors (Lipinski definition) is 3. The van der Waals surface area contributed by atoms with Crippen molar-refractivity contribution in [2.24, 2.45) is 7.05 Å². The van der Waals surface area contributed by atoms with Crippen molar-refractivity contribution < 1.29 is 8.42 Å². The second-order valence-corrected chi connectivity index (χ2v) is 9.91. The van der Waals surface area contributed by atoms with Crippen LogP contribution in [0.3, 0.4) is 0 Å². The first-order valence-corrected chi connectivity index (χ1v) is 11.8. The lowest BCUT2D eigenvalue weighted by atomic mass is 9.98. The van der Waals surface area contributed by atoms with Crippen LogP contribution in [0.1, 0.15) is 34.0 Å². The Balaban J connectivity index is 1.58. The third-order valence-corrected chi connectivity index (χ3v) is 7.60. The minimum atomic E-state index is -3.58. The zero-order valence-corrected chi connectivity index (χ0v) is 18.6. The van der Waals surface area contributed by atoms with Crippen LogP contribution in [0.5, 0.6) is 0 Å². The summed E-state index contributed by atoms with van der Waals surface area (Å²) < 4.78 is 31.0. The fraction of sp³-hybridized carbons (Fsp3) is 0.333. The average molecular weight is 424 g/mol. The van der Waals surface area contributed by atoms with Crippen LogP contribution >= 0.6 is 0 Å². The molecule has 5 nitrogen and oxygen atoms in total. The molecule has 1 unspecified atom stereocenters. The van der Waals surface area contributed by atoms with E-state index in [9.17, 15) is 8.42 Å². The molecular formula is C24H29N3O2S. The summed E-state index contributed by atoms with van der Waals surface area (Å²) in [6.45, 7) is 5.97. The summed E-state index contributed by atoms with van der Waals surface area (Å²) in [5, 5.41) is 0. The first kappa shape index (κ1) is 20.8. The molecule has 0 aliphatic carbocycles. The van der Waals surface area contributed by atoms with E-state index in [0.29, 0.717) is 11.4 Å². The van der Waals surface area contributed by atoms with Crippen molar-refractivity contribution in [3.8, 4) is 0 Å². The molecule has 1 aliphatic heterocycles. The minimum absolute atomic E-state index is 0.0420. The van der Waals surface area contributed by atoms with Gasteiger partial charge in [0.1, 0.15) is 0 Å². The third kappa shape index (κ3) is 4.21. The molecule has 3 aromatic rings. The molecule has 30 heavy (non-hydrogen) atoms. The molecule has 1 N–H and O–H groups in total. The Bertz CT molecular complexity index is 1150. The molecule has 0 bridgehead atoms. The highest BCUT2D eigenvalue weighted by Gasteiger charge is 2.28. The van der Waals surface area contributed by atoms with E-state index in [-0.39, 0.29) is 6.04 Å². The van der Waals surface area contributed by atoms with Gasteiger partial charge in [-0.25, -0.2) is 13.1 Å². The van der Waals surface area contributed by atoms with Gasteiger partial charge in [0.25, 0.3) is 0 Å². The Morgan fingerprint density at radius 2 is 1.77 bits per heavy atom. The van der Waals surface area contributed by atoms with Crippen LogP contribution in [-0.2, 0) is 30.0 Å². The molecule has 158 valence electrons. The molecule has 0 saturated heterocycles. The number of aryl methyl sites for hydroxylation is 3. The Morgan fingerprint density at radius 1 is 1.00 bits per heavy atom. The van der Waals surface area contributed by atoms with Crippen molar-refractivity contribution in [1.82, 2.24) is 14.2 Å². The molecule has 4 rings (SSSR count). The van der Waals surface area contributed by atoms with Crippen molar-refractivity contribution in [3.05, 3.63) is 88.7 Å². The molecule has 2 aromatic carbocycles. The van der Waals surface area contributed by atoms with Crippen LogP contribution < -0.4 is 4.72 Å². The molecule has 0 saturated carbocycles. The zero-order chi connectivity index (χ0) is 21.3. The summed E-state index contributed by atoms with van der Waals surface area (Å²) in [6, 6.07) is 17.8. The SMILES string of the molecule is Cc1ccc(S(=O)(=O)NCC(c2cccn2C)N2CCc3ccccc3C2)cc1C. The lowest BCUT2D eigenvalue weighted by Crippen LogP contribution is -2.41. The fourth-order valence-corrected chi connectivity index (χ4v) is 5.30. The molecule has 0 amide bonds. The van der Waals surface area contributed by atoms with Crippen LogP contribution in [0.15, 0.2) is 65.7 Å². The quantitative estimate of drug-likeness (QED) is 0.657. The average Bonchev–Trinajstić information content (AvgIpc) is 3.15. The van der Waals surface area contributed by atoms with Gasteiger partial charge in [-0.15, -0.1) is 0 Å². The second kappa shape index (κ2) is 8.38. The molecule has 0 spiro atoms. The topological polar surface area (TPSA) is 54.3 Å². The van der Waals surface area contributed by atoms with E-state index in [2.05, 4.69) is 44.5 Å². The summed E-state index contributed by atoms with van der Waals surface area (Å²) in [5.74, 6) is 0. The Morgan fingerprint density at radius 3 is 2.47 bits per heavy atom. The van der Waals surface area contributed by atoms with Crippen molar-refractivity contribution in [2.75, 3.05) is 13.1 Å². The molecule has 2 heterocycles. The molecule has 0 radical (unpaired) electrons. The molecule has 1 aliphatic rings. The van der Waals surface area contributed by atoms with E-state index in [1.54, 1.807) is 12.1 Å². The monoisotopic (exact) mass is 423 g/mol. The highest BCUT2D eigenvalue weighted by Crippen LogP contribution is 2.28. The maximum Gasteiger partial charge on any atom is 0.240 e. The number of rotatable bonds is 6. The van der Waals surface area contributed by atoms with Gasteiger partial charge in [0, 0.05) is 38.6 Å². The van der Waals surface area contributed by atoms with Crippen LogP contribution in [0.4, 0.5) is 0 Å². The second-order valence-electron chi connectivity index (χ2n) is 8.15. The van der Waals surface area contributed by atoms with Crippen LogP contribution in [0.2, 0.25) is 0 Å². The predicted molar refractivity (Wildman–Crippen MR) is 120 cm³/mol. The van der Waals surface area contributed by atoms with E-state index in [0.717, 1.165) is 36.3 Å². The van der Waals surface area contributed by atoms with Gasteiger partial charge in [0.2, 0.25) is 10.0 Å². The number of nitrogens with zero attached hydrogens (tertiary/aromatic N) is 2. The van der Waals surface area contributed by atoms with Gasteiger partial charge < -0.3 is 4.57 Å².